The van der Waals surface area contributed by atoms with Gasteiger partial charge in [0, 0.05) is 12.6 Å². The Labute approximate surface area is 117 Å². The summed E-state index contributed by atoms with van der Waals surface area (Å²) in [7, 11) is 0. The number of furan rings is 1. The fraction of sp³-hybridized carbons (Fsp3) is 0.750. The van der Waals surface area contributed by atoms with E-state index in [9.17, 15) is 0 Å². The maximum Gasteiger partial charge on any atom is 0.117 e. The first-order chi connectivity index (χ1) is 9.33. The van der Waals surface area contributed by atoms with E-state index < -0.39 is 0 Å². The number of hydrogen-bond donors (Lipinski definition) is 1. The Morgan fingerprint density at radius 3 is 2.95 bits per heavy atom. The lowest BCUT2D eigenvalue weighted by Crippen LogP contribution is -2.39. The van der Waals surface area contributed by atoms with Gasteiger partial charge in [0.1, 0.15) is 5.76 Å². The van der Waals surface area contributed by atoms with Crippen LogP contribution in [-0.2, 0) is 6.54 Å². The first-order valence-electron chi connectivity index (χ1n) is 7.81. The number of nitrogens with zero attached hydrogens (tertiary/aromatic N) is 1. The van der Waals surface area contributed by atoms with Gasteiger partial charge < -0.3 is 9.73 Å². The van der Waals surface area contributed by atoms with E-state index in [0.717, 1.165) is 37.4 Å². The molecule has 3 nitrogen and oxygen atoms in total. The van der Waals surface area contributed by atoms with Crippen molar-refractivity contribution in [3.63, 3.8) is 0 Å². The topological polar surface area (TPSA) is 28.4 Å². The second-order valence-electron chi connectivity index (χ2n) is 5.66. The van der Waals surface area contributed by atoms with Crippen molar-refractivity contribution in [2.75, 3.05) is 19.6 Å². The van der Waals surface area contributed by atoms with Gasteiger partial charge in [-0.1, -0.05) is 20.3 Å². The van der Waals surface area contributed by atoms with Crippen LogP contribution in [0, 0.1) is 5.92 Å². The van der Waals surface area contributed by atoms with Crippen molar-refractivity contribution in [2.45, 2.75) is 52.1 Å². The Morgan fingerprint density at radius 1 is 1.37 bits per heavy atom. The highest BCUT2D eigenvalue weighted by Gasteiger charge is 2.28. The summed E-state index contributed by atoms with van der Waals surface area (Å²) >= 11 is 0. The summed E-state index contributed by atoms with van der Waals surface area (Å²) in [6.07, 6.45) is 7.10. The van der Waals surface area contributed by atoms with Gasteiger partial charge in [-0.2, -0.15) is 0 Å². The van der Waals surface area contributed by atoms with Gasteiger partial charge in [-0.05, 0) is 50.4 Å². The predicted octanol–water partition coefficient (Wildman–Crippen LogP) is 3.27. The maximum absolute atomic E-state index is 5.46. The van der Waals surface area contributed by atoms with Gasteiger partial charge in [0.05, 0.1) is 12.8 Å². The Morgan fingerprint density at radius 2 is 2.26 bits per heavy atom. The van der Waals surface area contributed by atoms with Crippen LogP contribution in [-0.4, -0.2) is 30.6 Å². The average Bonchev–Trinajstić information content (AvgIpc) is 3.07. The minimum atomic E-state index is 0.727. The fourth-order valence-corrected chi connectivity index (χ4v) is 3.11. The predicted molar refractivity (Wildman–Crippen MR) is 79.1 cm³/mol. The summed E-state index contributed by atoms with van der Waals surface area (Å²) in [5.74, 6) is 1.89. The number of nitrogens with one attached hydrogen (secondary N) is 1. The minimum Gasteiger partial charge on any atom is -0.468 e. The van der Waals surface area contributed by atoms with Crippen LogP contribution in [0.3, 0.4) is 0 Å². The van der Waals surface area contributed by atoms with E-state index in [4.69, 9.17) is 4.42 Å². The Bertz CT molecular complexity index is 337. The molecule has 0 spiro atoms. The molecule has 1 aliphatic rings. The third-order valence-electron chi connectivity index (χ3n) is 4.22. The van der Waals surface area contributed by atoms with E-state index in [1.165, 1.54) is 32.2 Å². The van der Waals surface area contributed by atoms with E-state index in [1.807, 2.05) is 6.07 Å². The van der Waals surface area contributed by atoms with Gasteiger partial charge in [0.2, 0.25) is 0 Å². The van der Waals surface area contributed by atoms with Gasteiger partial charge in [-0.3, -0.25) is 4.90 Å². The van der Waals surface area contributed by atoms with Crippen LogP contribution in [0.1, 0.15) is 45.3 Å². The molecule has 1 heterocycles. The lowest BCUT2D eigenvalue weighted by atomic mass is 10.0. The van der Waals surface area contributed by atoms with E-state index >= 15 is 0 Å². The fourth-order valence-electron chi connectivity index (χ4n) is 3.11. The second kappa shape index (κ2) is 7.71. The summed E-state index contributed by atoms with van der Waals surface area (Å²) in [4.78, 5) is 2.51. The van der Waals surface area contributed by atoms with Crippen molar-refractivity contribution in [1.29, 1.82) is 0 Å². The van der Waals surface area contributed by atoms with Crippen molar-refractivity contribution in [3.8, 4) is 0 Å². The molecule has 0 aliphatic heterocycles. The highest BCUT2D eigenvalue weighted by Crippen LogP contribution is 2.27. The molecule has 1 aliphatic carbocycles. The molecular weight excluding hydrogens is 236 g/mol. The van der Waals surface area contributed by atoms with Gasteiger partial charge in [0.25, 0.3) is 0 Å². The normalized spacial score (nSPS) is 23.3. The molecule has 2 rings (SSSR count). The van der Waals surface area contributed by atoms with Crippen LogP contribution >= 0.6 is 0 Å². The summed E-state index contributed by atoms with van der Waals surface area (Å²) < 4.78 is 5.46. The van der Waals surface area contributed by atoms with Crippen LogP contribution in [0.25, 0.3) is 0 Å². The minimum absolute atomic E-state index is 0.727. The third kappa shape index (κ3) is 4.36. The van der Waals surface area contributed by atoms with Gasteiger partial charge in [-0.25, -0.2) is 0 Å². The number of hydrogen-bond acceptors (Lipinski definition) is 3. The molecule has 108 valence electrons. The lowest BCUT2D eigenvalue weighted by molar-refractivity contribution is 0.201. The highest BCUT2D eigenvalue weighted by molar-refractivity contribution is 4.98. The van der Waals surface area contributed by atoms with Gasteiger partial charge >= 0.3 is 0 Å². The zero-order valence-corrected chi connectivity index (χ0v) is 12.4. The maximum atomic E-state index is 5.46. The molecule has 19 heavy (non-hydrogen) atoms. The van der Waals surface area contributed by atoms with Crippen LogP contribution in [0.4, 0.5) is 0 Å². The Kier molecular flexibility index (Phi) is 5.93. The molecule has 3 heteroatoms. The third-order valence-corrected chi connectivity index (χ3v) is 4.22. The smallest absolute Gasteiger partial charge is 0.117 e. The molecule has 1 N–H and O–H groups in total. The molecule has 1 aromatic heterocycles. The van der Waals surface area contributed by atoms with E-state index in [1.54, 1.807) is 6.26 Å². The zero-order chi connectivity index (χ0) is 13.5. The Hall–Kier alpha value is -0.800. The molecular formula is C16H28N2O. The quantitative estimate of drug-likeness (QED) is 0.781. The van der Waals surface area contributed by atoms with Crippen LogP contribution in [0.2, 0.25) is 0 Å². The monoisotopic (exact) mass is 264 g/mol. The summed E-state index contributed by atoms with van der Waals surface area (Å²) in [6, 6.07) is 4.78. The van der Waals surface area contributed by atoms with Gasteiger partial charge in [-0.15, -0.1) is 0 Å². The van der Waals surface area contributed by atoms with Gasteiger partial charge in [0.15, 0.2) is 0 Å². The molecule has 0 amide bonds. The zero-order valence-electron chi connectivity index (χ0n) is 12.4. The van der Waals surface area contributed by atoms with Crippen molar-refractivity contribution in [3.05, 3.63) is 24.2 Å². The largest absolute Gasteiger partial charge is 0.468 e. The molecule has 1 aromatic rings. The van der Waals surface area contributed by atoms with Crippen LogP contribution in [0.5, 0.6) is 0 Å². The lowest BCUT2D eigenvalue weighted by Gasteiger charge is -2.27. The van der Waals surface area contributed by atoms with E-state index in [-0.39, 0.29) is 0 Å². The number of rotatable bonds is 8. The van der Waals surface area contributed by atoms with Crippen molar-refractivity contribution < 1.29 is 4.42 Å². The molecule has 2 unspecified atom stereocenters. The van der Waals surface area contributed by atoms with E-state index in [0.29, 0.717) is 0 Å². The second-order valence-corrected chi connectivity index (χ2v) is 5.66. The van der Waals surface area contributed by atoms with Crippen molar-refractivity contribution >= 4 is 0 Å². The van der Waals surface area contributed by atoms with Crippen molar-refractivity contribution in [2.24, 2.45) is 5.92 Å². The average molecular weight is 264 g/mol. The standard InChI is InChI=1S/C16H28N2O/c1-3-10-17-16-9-5-7-14(16)12-18(4-2)13-15-8-6-11-19-15/h6,8,11,14,16-17H,3-5,7,9-10,12-13H2,1-2H3. The summed E-state index contributed by atoms with van der Waals surface area (Å²) in [5, 5.41) is 3.72. The molecule has 1 saturated carbocycles. The first kappa shape index (κ1) is 14.6. The molecule has 0 radical (unpaired) electrons. The van der Waals surface area contributed by atoms with E-state index in [2.05, 4.69) is 30.1 Å². The Balaban J connectivity index is 1.83. The SMILES string of the molecule is CCCNC1CCCC1CN(CC)Cc1ccco1. The van der Waals surface area contributed by atoms with Crippen LogP contribution < -0.4 is 5.32 Å². The molecule has 2 atom stereocenters. The molecule has 1 fully saturated rings. The molecule has 0 bridgehead atoms. The molecule has 0 aromatic carbocycles. The first-order valence-corrected chi connectivity index (χ1v) is 7.81. The summed E-state index contributed by atoms with van der Waals surface area (Å²) in [5.41, 5.74) is 0. The van der Waals surface area contributed by atoms with Crippen LogP contribution in [0.15, 0.2) is 22.8 Å². The summed E-state index contributed by atoms with van der Waals surface area (Å²) in [6.45, 7) is 8.88. The highest BCUT2D eigenvalue weighted by atomic mass is 16.3. The van der Waals surface area contributed by atoms with Crippen molar-refractivity contribution in [1.82, 2.24) is 10.2 Å². The molecule has 0 saturated heterocycles.